The van der Waals surface area contributed by atoms with Crippen molar-refractivity contribution in [3.05, 3.63) is 35.3 Å². The Hall–Kier alpha value is -1.88. The van der Waals surface area contributed by atoms with Crippen LogP contribution >= 0.6 is 0 Å². The summed E-state index contributed by atoms with van der Waals surface area (Å²) >= 11 is 0. The van der Waals surface area contributed by atoms with Gasteiger partial charge in [-0.15, -0.1) is 0 Å². The first-order valence-electron chi connectivity index (χ1n) is 5.77. The van der Waals surface area contributed by atoms with Crippen LogP contribution in [0.3, 0.4) is 0 Å². The lowest BCUT2D eigenvalue weighted by molar-refractivity contribution is 0.0699. The van der Waals surface area contributed by atoms with Crippen LogP contribution < -0.4 is 0 Å². The molecule has 5 heteroatoms. The van der Waals surface area contributed by atoms with Crippen molar-refractivity contribution in [2.24, 2.45) is 0 Å². The number of aromatic carboxylic acids is 1. The Labute approximate surface area is 105 Å². The van der Waals surface area contributed by atoms with Crippen LogP contribution in [0.4, 0.5) is 0 Å². The predicted molar refractivity (Wildman–Crippen MR) is 67.0 cm³/mol. The second-order valence-electron chi connectivity index (χ2n) is 4.49. The van der Waals surface area contributed by atoms with Crippen molar-refractivity contribution in [2.45, 2.75) is 26.4 Å². The fraction of sp³-hybridized carbons (Fsp3) is 0.385. The molecule has 96 valence electrons. The third-order valence-electron chi connectivity index (χ3n) is 2.82. The van der Waals surface area contributed by atoms with Gasteiger partial charge in [-0.2, -0.15) is 0 Å². The van der Waals surface area contributed by atoms with E-state index in [9.17, 15) is 4.79 Å². The van der Waals surface area contributed by atoms with Crippen LogP contribution in [0.5, 0.6) is 0 Å². The number of hydrogen-bond acceptors (Lipinski definition) is 3. The summed E-state index contributed by atoms with van der Waals surface area (Å²) < 4.78 is 6.90. The number of hydrogen-bond donors (Lipinski definition) is 1. The first-order chi connectivity index (χ1) is 8.54. The van der Waals surface area contributed by atoms with Crippen molar-refractivity contribution in [3.63, 3.8) is 0 Å². The lowest BCUT2D eigenvalue weighted by Gasteiger charge is -2.12. The Morgan fingerprint density at radius 2 is 2.28 bits per heavy atom. The maximum Gasteiger partial charge on any atom is 0.339 e. The van der Waals surface area contributed by atoms with Crippen LogP contribution in [-0.2, 0) is 11.3 Å². The van der Waals surface area contributed by atoms with Crippen molar-refractivity contribution in [1.29, 1.82) is 0 Å². The van der Waals surface area contributed by atoms with E-state index in [0.29, 0.717) is 12.3 Å². The number of carboxylic acids is 1. The summed E-state index contributed by atoms with van der Waals surface area (Å²) in [4.78, 5) is 15.5. The number of aromatic nitrogens is 2. The quantitative estimate of drug-likeness (QED) is 0.901. The van der Waals surface area contributed by atoms with Gasteiger partial charge in [-0.05, 0) is 18.1 Å². The predicted octanol–water partition coefficient (Wildman–Crippen LogP) is 2.30. The van der Waals surface area contributed by atoms with E-state index in [-0.39, 0.29) is 11.5 Å². The number of fused-ring (bicyclic) bond motifs is 1. The maximum atomic E-state index is 11.1. The first kappa shape index (κ1) is 12.6. The lowest BCUT2D eigenvalue weighted by atomic mass is 10.1. The molecule has 0 aliphatic heterocycles. The minimum absolute atomic E-state index is 0.217. The summed E-state index contributed by atoms with van der Waals surface area (Å²) in [5.74, 6) is -0.686. The Morgan fingerprint density at radius 1 is 1.56 bits per heavy atom. The van der Waals surface area contributed by atoms with Gasteiger partial charge < -0.3 is 14.2 Å². The molecule has 0 amide bonds. The van der Waals surface area contributed by atoms with Crippen molar-refractivity contribution >= 4 is 11.6 Å². The highest BCUT2D eigenvalue weighted by atomic mass is 16.5. The van der Waals surface area contributed by atoms with Crippen LogP contribution in [0.15, 0.2) is 18.3 Å². The summed E-state index contributed by atoms with van der Waals surface area (Å²) in [7, 11) is 1.59. The second kappa shape index (κ2) is 4.78. The van der Waals surface area contributed by atoms with Crippen molar-refractivity contribution in [3.8, 4) is 0 Å². The molecule has 5 nitrogen and oxygen atoms in total. The van der Waals surface area contributed by atoms with Crippen molar-refractivity contribution < 1.29 is 14.6 Å². The van der Waals surface area contributed by atoms with Gasteiger partial charge in [0.2, 0.25) is 0 Å². The van der Waals surface area contributed by atoms with Gasteiger partial charge in [0.25, 0.3) is 0 Å². The molecule has 0 spiro atoms. The average molecular weight is 248 g/mol. The minimum atomic E-state index is -0.964. The van der Waals surface area contributed by atoms with E-state index < -0.39 is 5.97 Å². The number of rotatable bonds is 4. The largest absolute Gasteiger partial charge is 0.478 e. The molecule has 2 rings (SSSR count). The molecule has 0 saturated heterocycles. The van der Waals surface area contributed by atoms with Crippen LogP contribution in [0.1, 0.15) is 41.5 Å². The normalized spacial score (nSPS) is 11.3. The Balaban J connectivity index is 2.71. The Morgan fingerprint density at radius 3 is 2.83 bits per heavy atom. The highest BCUT2D eigenvalue weighted by molar-refractivity contribution is 5.94. The molecule has 0 fully saturated rings. The molecule has 0 aliphatic rings. The fourth-order valence-electron chi connectivity index (χ4n) is 1.99. The molecule has 0 aromatic carbocycles. The molecule has 0 bridgehead atoms. The van der Waals surface area contributed by atoms with Gasteiger partial charge in [-0.1, -0.05) is 13.8 Å². The third kappa shape index (κ3) is 2.09. The zero-order valence-corrected chi connectivity index (χ0v) is 10.7. The third-order valence-corrected chi connectivity index (χ3v) is 2.82. The van der Waals surface area contributed by atoms with Crippen molar-refractivity contribution in [1.82, 2.24) is 9.38 Å². The molecule has 2 aromatic heterocycles. The van der Waals surface area contributed by atoms with E-state index in [0.717, 1.165) is 11.4 Å². The van der Waals surface area contributed by atoms with Gasteiger partial charge in [0, 0.05) is 19.0 Å². The van der Waals surface area contributed by atoms with E-state index in [1.165, 1.54) is 0 Å². The summed E-state index contributed by atoms with van der Waals surface area (Å²) in [6, 6.07) is 3.53. The number of methoxy groups -OCH3 is 1. The van der Waals surface area contributed by atoms with E-state index in [1.807, 2.05) is 10.5 Å². The van der Waals surface area contributed by atoms with E-state index in [2.05, 4.69) is 18.8 Å². The van der Waals surface area contributed by atoms with Gasteiger partial charge in [0.15, 0.2) is 5.65 Å². The molecule has 1 N–H and O–H groups in total. The number of nitrogens with zero attached hydrogens (tertiary/aromatic N) is 2. The van der Waals surface area contributed by atoms with E-state index in [4.69, 9.17) is 9.84 Å². The molecule has 2 heterocycles. The molecule has 0 atom stereocenters. The van der Waals surface area contributed by atoms with E-state index in [1.54, 1.807) is 19.4 Å². The summed E-state index contributed by atoms with van der Waals surface area (Å²) in [5, 5.41) is 9.14. The molecular weight excluding hydrogens is 232 g/mol. The number of carboxylic acid groups (broad SMARTS) is 1. The molecule has 0 aliphatic carbocycles. The number of ether oxygens (including phenoxy) is 1. The van der Waals surface area contributed by atoms with Crippen LogP contribution in [0.2, 0.25) is 0 Å². The van der Waals surface area contributed by atoms with Crippen LogP contribution in [0.25, 0.3) is 5.65 Å². The Bertz CT molecular complexity index is 587. The summed E-state index contributed by atoms with van der Waals surface area (Å²) in [5.41, 5.74) is 2.46. The van der Waals surface area contributed by atoms with Crippen LogP contribution in [-0.4, -0.2) is 27.6 Å². The maximum absolute atomic E-state index is 11.1. The smallest absolute Gasteiger partial charge is 0.339 e. The molecular formula is C13H16N2O3. The summed E-state index contributed by atoms with van der Waals surface area (Å²) in [6.07, 6.45) is 1.75. The molecule has 18 heavy (non-hydrogen) atoms. The van der Waals surface area contributed by atoms with Gasteiger partial charge in [-0.3, -0.25) is 0 Å². The minimum Gasteiger partial charge on any atom is -0.478 e. The summed E-state index contributed by atoms with van der Waals surface area (Å²) in [6.45, 7) is 4.50. The highest BCUT2D eigenvalue weighted by Crippen LogP contribution is 2.21. The molecule has 0 radical (unpaired) electrons. The topological polar surface area (TPSA) is 63.8 Å². The van der Waals surface area contributed by atoms with Gasteiger partial charge in [0.1, 0.15) is 5.56 Å². The molecule has 0 saturated carbocycles. The molecule has 2 aromatic rings. The monoisotopic (exact) mass is 248 g/mol. The fourth-order valence-corrected chi connectivity index (χ4v) is 1.99. The van der Waals surface area contributed by atoms with Gasteiger partial charge >= 0.3 is 5.97 Å². The van der Waals surface area contributed by atoms with Gasteiger partial charge in [0.05, 0.1) is 12.3 Å². The second-order valence-corrected chi connectivity index (χ2v) is 4.49. The van der Waals surface area contributed by atoms with Crippen molar-refractivity contribution in [2.75, 3.05) is 7.11 Å². The standard InChI is InChI=1S/C13H16N2O3/c1-8(2)11-6-9(7-18-3)14-12-10(13(16)17)4-5-15(11)12/h4-6,8H,7H2,1-3H3,(H,16,17). The average Bonchev–Trinajstić information content (AvgIpc) is 2.71. The van der Waals surface area contributed by atoms with Gasteiger partial charge in [-0.25, -0.2) is 9.78 Å². The number of carbonyl (C=O) groups is 1. The SMILES string of the molecule is COCc1cc(C(C)C)n2ccc(C(=O)O)c2n1. The zero-order valence-electron chi connectivity index (χ0n) is 10.7. The molecule has 0 unspecified atom stereocenters. The lowest BCUT2D eigenvalue weighted by Crippen LogP contribution is -2.06. The highest BCUT2D eigenvalue weighted by Gasteiger charge is 2.15. The van der Waals surface area contributed by atoms with Crippen LogP contribution in [0, 0.1) is 0 Å². The van der Waals surface area contributed by atoms with E-state index >= 15 is 0 Å². The Kier molecular flexibility index (Phi) is 3.34. The first-order valence-corrected chi connectivity index (χ1v) is 5.77. The zero-order chi connectivity index (χ0) is 13.3.